The van der Waals surface area contributed by atoms with Crippen molar-refractivity contribution < 1.29 is 4.79 Å². The third-order valence-corrected chi connectivity index (χ3v) is 3.79. The zero-order chi connectivity index (χ0) is 16.5. The number of nitrogens with two attached hydrogens (primary N) is 1. The standard InChI is InChI=1S/C19H25N3O.ClH/c1-16-7-5-6-10-18(16)21-19(23)15-22(14-12-20)13-11-17-8-3-2-4-9-17;/h2-10H,11-15,20H2,1H3,(H,21,23);1H. The number of carbonyl (C=O) groups is 1. The van der Waals surface area contributed by atoms with Gasteiger partial charge < -0.3 is 11.1 Å². The number of hydrogen-bond acceptors (Lipinski definition) is 3. The molecule has 4 nitrogen and oxygen atoms in total. The van der Waals surface area contributed by atoms with Gasteiger partial charge in [0.15, 0.2) is 0 Å². The molecular formula is C19H26ClN3O. The molecule has 2 aromatic carbocycles. The number of aryl methyl sites for hydroxylation is 1. The maximum Gasteiger partial charge on any atom is 0.238 e. The first-order chi connectivity index (χ1) is 11.2. The van der Waals surface area contributed by atoms with Crippen LogP contribution >= 0.6 is 12.4 Å². The first kappa shape index (κ1) is 20.2. The lowest BCUT2D eigenvalue weighted by molar-refractivity contribution is -0.117. The monoisotopic (exact) mass is 347 g/mol. The predicted molar refractivity (Wildman–Crippen MR) is 103 cm³/mol. The molecule has 2 rings (SSSR count). The summed E-state index contributed by atoms with van der Waals surface area (Å²) in [6, 6.07) is 18.1. The SMILES string of the molecule is Cc1ccccc1NC(=O)CN(CCN)CCc1ccccc1.Cl. The van der Waals surface area contributed by atoms with E-state index in [9.17, 15) is 4.79 Å². The molecule has 0 spiro atoms. The predicted octanol–water partition coefficient (Wildman–Crippen LogP) is 2.86. The largest absolute Gasteiger partial charge is 0.329 e. The van der Waals surface area contributed by atoms with E-state index in [1.165, 1.54) is 5.56 Å². The first-order valence-electron chi connectivity index (χ1n) is 8.01. The lowest BCUT2D eigenvalue weighted by Gasteiger charge is -2.21. The summed E-state index contributed by atoms with van der Waals surface area (Å²) in [5.41, 5.74) is 8.88. The van der Waals surface area contributed by atoms with Crippen LogP contribution < -0.4 is 11.1 Å². The Labute approximate surface area is 150 Å². The van der Waals surface area contributed by atoms with Gasteiger partial charge in [0, 0.05) is 25.3 Å². The summed E-state index contributed by atoms with van der Waals surface area (Å²) in [5.74, 6) is 0.000752. The number of para-hydroxylation sites is 1. The Hall–Kier alpha value is -1.88. The molecule has 5 heteroatoms. The van der Waals surface area contributed by atoms with Crippen LogP contribution in [0.1, 0.15) is 11.1 Å². The third kappa shape index (κ3) is 6.71. The van der Waals surface area contributed by atoms with Crippen molar-refractivity contribution in [3.63, 3.8) is 0 Å². The fourth-order valence-electron chi connectivity index (χ4n) is 2.49. The Balaban J connectivity index is 0.00000288. The van der Waals surface area contributed by atoms with Gasteiger partial charge in [-0.1, -0.05) is 48.5 Å². The molecule has 0 aliphatic rings. The third-order valence-electron chi connectivity index (χ3n) is 3.79. The molecule has 0 atom stereocenters. The van der Waals surface area contributed by atoms with E-state index in [4.69, 9.17) is 5.73 Å². The highest BCUT2D eigenvalue weighted by atomic mass is 35.5. The lowest BCUT2D eigenvalue weighted by Crippen LogP contribution is -2.38. The van der Waals surface area contributed by atoms with Crippen LogP contribution in [0.15, 0.2) is 54.6 Å². The van der Waals surface area contributed by atoms with Crippen molar-refractivity contribution in [2.75, 3.05) is 31.5 Å². The minimum atomic E-state index is 0. The smallest absolute Gasteiger partial charge is 0.238 e. The average Bonchev–Trinajstić information content (AvgIpc) is 2.56. The summed E-state index contributed by atoms with van der Waals surface area (Å²) in [6.07, 6.45) is 0.915. The van der Waals surface area contributed by atoms with Crippen LogP contribution in [-0.2, 0) is 11.2 Å². The molecule has 0 saturated heterocycles. The molecule has 1 amide bonds. The Bertz CT molecular complexity index is 619. The van der Waals surface area contributed by atoms with Crippen LogP contribution in [0.3, 0.4) is 0 Å². The fraction of sp³-hybridized carbons (Fsp3) is 0.316. The molecule has 3 N–H and O–H groups in total. The van der Waals surface area contributed by atoms with E-state index in [0.29, 0.717) is 19.6 Å². The maximum absolute atomic E-state index is 12.3. The molecule has 0 unspecified atom stereocenters. The van der Waals surface area contributed by atoms with E-state index < -0.39 is 0 Å². The Morgan fingerprint density at radius 1 is 1.04 bits per heavy atom. The van der Waals surface area contributed by atoms with Crippen LogP contribution in [-0.4, -0.2) is 37.0 Å². The maximum atomic E-state index is 12.3. The number of carbonyl (C=O) groups excluding carboxylic acids is 1. The molecule has 2 aromatic rings. The van der Waals surface area contributed by atoms with E-state index >= 15 is 0 Å². The Morgan fingerprint density at radius 2 is 1.71 bits per heavy atom. The van der Waals surface area contributed by atoms with Gasteiger partial charge >= 0.3 is 0 Å². The van der Waals surface area contributed by atoms with Crippen LogP contribution in [0, 0.1) is 6.92 Å². The fourth-order valence-corrected chi connectivity index (χ4v) is 2.49. The molecule has 130 valence electrons. The van der Waals surface area contributed by atoms with E-state index in [-0.39, 0.29) is 18.3 Å². The van der Waals surface area contributed by atoms with Crippen LogP contribution in [0.25, 0.3) is 0 Å². The zero-order valence-corrected chi connectivity index (χ0v) is 14.9. The molecule has 0 aromatic heterocycles. The number of benzene rings is 2. The minimum Gasteiger partial charge on any atom is -0.329 e. The van der Waals surface area contributed by atoms with Gasteiger partial charge in [0.05, 0.1) is 6.54 Å². The van der Waals surface area contributed by atoms with E-state index in [2.05, 4.69) is 22.3 Å². The second-order valence-electron chi connectivity index (χ2n) is 5.66. The number of rotatable bonds is 8. The van der Waals surface area contributed by atoms with Gasteiger partial charge in [0.1, 0.15) is 0 Å². The summed E-state index contributed by atoms with van der Waals surface area (Å²) >= 11 is 0. The quantitative estimate of drug-likeness (QED) is 0.772. The normalized spacial score (nSPS) is 10.3. The summed E-state index contributed by atoms with van der Waals surface area (Å²) < 4.78 is 0. The molecular weight excluding hydrogens is 322 g/mol. The van der Waals surface area contributed by atoms with Gasteiger partial charge in [-0.2, -0.15) is 0 Å². The highest BCUT2D eigenvalue weighted by Gasteiger charge is 2.11. The first-order valence-corrected chi connectivity index (χ1v) is 8.01. The van der Waals surface area contributed by atoms with Gasteiger partial charge in [0.2, 0.25) is 5.91 Å². The number of halogens is 1. The van der Waals surface area contributed by atoms with Crippen molar-refractivity contribution in [3.05, 3.63) is 65.7 Å². The summed E-state index contributed by atoms with van der Waals surface area (Å²) in [7, 11) is 0. The van der Waals surface area contributed by atoms with Crippen molar-refractivity contribution in [2.45, 2.75) is 13.3 Å². The molecule has 0 radical (unpaired) electrons. The number of anilines is 1. The van der Waals surface area contributed by atoms with Crippen molar-refractivity contribution in [1.82, 2.24) is 4.90 Å². The number of hydrogen-bond donors (Lipinski definition) is 2. The van der Waals surface area contributed by atoms with E-state index in [1.54, 1.807) is 0 Å². The summed E-state index contributed by atoms with van der Waals surface area (Å²) in [4.78, 5) is 14.4. The van der Waals surface area contributed by atoms with Crippen LogP contribution in [0.4, 0.5) is 5.69 Å². The van der Waals surface area contributed by atoms with Crippen LogP contribution in [0.2, 0.25) is 0 Å². The Morgan fingerprint density at radius 3 is 2.38 bits per heavy atom. The zero-order valence-electron chi connectivity index (χ0n) is 14.1. The van der Waals surface area contributed by atoms with Crippen LogP contribution in [0.5, 0.6) is 0 Å². The number of nitrogens with zero attached hydrogens (tertiary/aromatic N) is 1. The molecule has 0 aliphatic heterocycles. The van der Waals surface area contributed by atoms with Gasteiger partial charge in [-0.25, -0.2) is 0 Å². The molecule has 0 aliphatic carbocycles. The molecule has 0 fully saturated rings. The number of nitrogens with one attached hydrogen (secondary N) is 1. The Kier molecular flexibility index (Phi) is 9.08. The molecule has 0 saturated carbocycles. The summed E-state index contributed by atoms with van der Waals surface area (Å²) in [5, 5.41) is 2.98. The van der Waals surface area contributed by atoms with Gasteiger partial charge in [-0.05, 0) is 30.5 Å². The highest BCUT2D eigenvalue weighted by Crippen LogP contribution is 2.13. The van der Waals surface area contributed by atoms with Crippen molar-refractivity contribution in [2.24, 2.45) is 5.73 Å². The molecule has 0 heterocycles. The second kappa shape index (κ2) is 10.8. The van der Waals surface area contributed by atoms with Crippen molar-refractivity contribution in [1.29, 1.82) is 0 Å². The van der Waals surface area contributed by atoms with E-state index in [0.717, 1.165) is 24.2 Å². The average molecular weight is 348 g/mol. The summed E-state index contributed by atoms with van der Waals surface area (Å²) in [6.45, 7) is 4.43. The van der Waals surface area contributed by atoms with Gasteiger partial charge in [-0.3, -0.25) is 9.69 Å². The van der Waals surface area contributed by atoms with Gasteiger partial charge in [0.25, 0.3) is 0 Å². The van der Waals surface area contributed by atoms with Gasteiger partial charge in [-0.15, -0.1) is 12.4 Å². The lowest BCUT2D eigenvalue weighted by atomic mass is 10.1. The van der Waals surface area contributed by atoms with Crippen molar-refractivity contribution in [3.8, 4) is 0 Å². The van der Waals surface area contributed by atoms with Crippen molar-refractivity contribution >= 4 is 24.0 Å². The molecule has 24 heavy (non-hydrogen) atoms. The number of amides is 1. The van der Waals surface area contributed by atoms with E-state index in [1.807, 2.05) is 49.4 Å². The minimum absolute atomic E-state index is 0. The topological polar surface area (TPSA) is 58.4 Å². The molecule has 0 bridgehead atoms. The highest BCUT2D eigenvalue weighted by molar-refractivity contribution is 5.92. The second-order valence-corrected chi connectivity index (χ2v) is 5.66.